The maximum atomic E-state index is 5.28. The first-order valence-corrected chi connectivity index (χ1v) is 5.41. The molecule has 0 saturated heterocycles. The third-order valence-electron chi connectivity index (χ3n) is 1.37. The van der Waals surface area contributed by atoms with Crippen LogP contribution in [-0.2, 0) is 7.58 Å². The molecule has 0 aliphatic heterocycles. The molecule has 12 heavy (non-hydrogen) atoms. The van der Waals surface area contributed by atoms with Crippen LogP contribution in [0, 0.1) is 0 Å². The van der Waals surface area contributed by atoms with Crippen LogP contribution in [0.3, 0.4) is 0 Å². The van der Waals surface area contributed by atoms with E-state index in [1.54, 1.807) is 0 Å². The van der Waals surface area contributed by atoms with E-state index in [0.29, 0.717) is 0 Å². The predicted octanol–water partition coefficient (Wildman–Crippen LogP) is -0.729. The van der Waals surface area contributed by atoms with Gasteiger partial charge in [0.05, 0.1) is 0 Å². The van der Waals surface area contributed by atoms with Crippen LogP contribution in [0.2, 0.25) is 0 Å². The molecule has 0 fully saturated rings. The molecule has 0 unspecified atom stereocenters. The van der Waals surface area contributed by atoms with Crippen LogP contribution in [0.4, 0.5) is 0 Å². The Bertz CT molecular complexity index is 71.2. The molecule has 0 aliphatic rings. The molecule has 2 nitrogen and oxygen atoms in total. The fraction of sp³-hybridized carbons (Fsp3) is 1.00. The largest absolute Gasteiger partial charge is 1.00 e. The molecule has 0 atom stereocenters. The van der Waals surface area contributed by atoms with Crippen LogP contribution >= 0.6 is 0 Å². The van der Waals surface area contributed by atoms with Crippen molar-refractivity contribution in [3.63, 3.8) is 0 Å². The van der Waals surface area contributed by atoms with E-state index in [1.807, 2.05) is 0 Å². The zero-order valence-electron chi connectivity index (χ0n) is 9.64. The summed E-state index contributed by atoms with van der Waals surface area (Å²) in [6.45, 7) is 6.07. The summed E-state index contributed by atoms with van der Waals surface area (Å²) in [4.78, 5) is 0. The molecule has 67 valence electrons. The Hall–Kier alpha value is 1.05. The minimum Gasteiger partial charge on any atom is -1.00 e. The van der Waals surface area contributed by atoms with Gasteiger partial charge < -0.3 is 9.00 Å². The molecule has 0 heterocycles. The summed E-state index contributed by atoms with van der Waals surface area (Å²) >= 11 is -0.189. The Kier molecular flexibility index (Phi) is 18.8. The molecule has 0 amide bonds. The monoisotopic (exact) mass is 181 g/mol. The van der Waals surface area contributed by atoms with Gasteiger partial charge in [-0.1, -0.05) is 26.7 Å². The summed E-state index contributed by atoms with van der Waals surface area (Å²) in [5, 5.41) is 0. The Labute approximate surface area is 96.4 Å². The Morgan fingerprint density at radius 3 is 1.75 bits per heavy atom. The Morgan fingerprint density at radius 2 is 1.42 bits per heavy atom. The van der Waals surface area contributed by atoms with Gasteiger partial charge in [0.15, 0.2) is 0 Å². The van der Waals surface area contributed by atoms with E-state index >= 15 is 0 Å². The van der Waals surface area contributed by atoms with Gasteiger partial charge in [0, 0.05) is 13.2 Å². The second-order valence-electron chi connectivity index (χ2n) is 2.54. The summed E-state index contributed by atoms with van der Waals surface area (Å²) in [5.41, 5.74) is 0. The van der Waals surface area contributed by atoms with Crippen molar-refractivity contribution >= 4 is 15.9 Å². The fourth-order valence-corrected chi connectivity index (χ4v) is 1.22. The molecule has 0 aromatic rings. The molecular formula is C8H19AlLiO2. The van der Waals surface area contributed by atoms with Crippen molar-refractivity contribution in [3.05, 3.63) is 0 Å². The van der Waals surface area contributed by atoms with Crippen molar-refractivity contribution in [2.75, 3.05) is 13.2 Å². The first kappa shape index (κ1) is 15.5. The SMILES string of the molecule is CCCC[O][Al][O]CCCC.[H-].[Li+]. The predicted molar refractivity (Wildman–Crippen MR) is 48.6 cm³/mol. The average Bonchev–Trinajstić information content (AvgIpc) is 2.03. The van der Waals surface area contributed by atoms with Gasteiger partial charge in [-0.2, -0.15) is 0 Å². The average molecular weight is 181 g/mol. The molecule has 0 aliphatic carbocycles. The Morgan fingerprint density at radius 1 is 1.00 bits per heavy atom. The molecule has 0 aromatic heterocycles. The molecule has 0 saturated carbocycles. The zero-order chi connectivity index (χ0) is 8.36. The van der Waals surface area contributed by atoms with E-state index in [-0.39, 0.29) is 36.2 Å². The van der Waals surface area contributed by atoms with E-state index in [0.717, 1.165) is 26.1 Å². The molecule has 4 heteroatoms. The first-order valence-electron chi connectivity index (χ1n) is 4.46. The maximum Gasteiger partial charge on any atom is 1.00 e. The molecule has 1 radical (unpaired) electrons. The Balaban J connectivity index is -0.000000500. The molecule has 0 rings (SSSR count). The standard InChI is InChI=1S/2C4H9O.Al.Li.H/c2*1-2-3-4-5;;;/h2*2-4H2,1H3;;;/q2*-1;+2;+1;-1. The van der Waals surface area contributed by atoms with Crippen molar-refractivity contribution in [2.45, 2.75) is 39.5 Å². The molecule has 0 N–H and O–H groups in total. The fourth-order valence-electron chi connectivity index (χ4n) is 0.600. The summed E-state index contributed by atoms with van der Waals surface area (Å²) in [7, 11) is 0. The maximum absolute atomic E-state index is 5.28. The van der Waals surface area contributed by atoms with Gasteiger partial charge in [0.1, 0.15) is 0 Å². The summed E-state index contributed by atoms with van der Waals surface area (Å²) < 4.78 is 10.6. The van der Waals surface area contributed by atoms with Gasteiger partial charge in [-0.3, -0.25) is 0 Å². The van der Waals surface area contributed by atoms with Crippen LogP contribution in [-0.4, -0.2) is 29.1 Å². The van der Waals surface area contributed by atoms with Crippen molar-refractivity contribution in [3.8, 4) is 0 Å². The minimum absolute atomic E-state index is 0. The van der Waals surface area contributed by atoms with Crippen molar-refractivity contribution in [1.29, 1.82) is 0 Å². The summed E-state index contributed by atoms with van der Waals surface area (Å²) in [5.74, 6) is 0. The van der Waals surface area contributed by atoms with Crippen molar-refractivity contribution in [2.24, 2.45) is 0 Å². The summed E-state index contributed by atoms with van der Waals surface area (Å²) in [6, 6.07) is 0. The van der Waals surface area contributed by atoms with Crippen LogP contribution in [0.1, 0.15) is 41.0 Å². The number of unbranched alkanes of at least 4 members (excludes halogenated alkanes) is 2. The first-order chi connectivity index (χ1) is 5.41. The number of hydrogen-bond acceptors (Lipinski definition) is 2. The second-order valence-corrected chi connectivity index (χ2v) is 3.40. The van der Waals surface area contributed by atoms with E-state index in [9.17, 15) is 0 Å². The van der Waals surface area contributed by atoms with Crippen LogP contribution in [0.5, 0.6) is 0 Å². The summed E-state index contributed by atoms with van der Waals surface area (Å²) in [6.07, 6.45) is 4.72. The van der Waals surface area contributed by atoms with Crippen molar-refractivity contribution < 1.29 is 27.9 Å². The molecule has 0 bridgehead atoms. The van der Waals surface area contributed by atoms with Gasteiger partial charge in [0.25, 0.3) is 0 Å². The minimum atomic E-state index is -0.189. The molecular weight excluding hydrogens is 162 g/mol. The van der Waals surface area contributed by atoms with Crippen LogP contribution in [0.25, 0.3) is 0 Å². The number of rotatable bonds is 8. The van der Waals surface area contributed by atoms with Gasteiger partial charge in [-0.05, 0) is 12.8 Å². The zero-order valence-corrected chi connectivity index (χ0v) is 9.79. The smallest absolute Gasteiger partial charge is 1.00 e. The molecule has 0 aromatic carbocycles. The molecule has 0 spiro atoms. The third kappa shape index (κ3) is 13.6. The van der Waals surface area contributed by atoms with E-state index < -0.39 is 0 Å². The normalized spacial score (nSPS) is 9.17. The van der Waals surface area contributed by atoms with Gasteiger partial charge in [0.2, 0.25) is 0 Å². The van der Waals surface area contributed by atoms with E-state index in [2.05, 4.69) is 13.8 Å². The van der Waals surface area contributed by atoms with E-state index in [1.165, 1.54) is 12.8 Å². The van der Waals surface area contributed by atoms with E-state index in [4.69, 9.17) is 7.58 Å². The van der Waals surface area contributed by atoms with Gasteiger partial charge in [-0.25, -0.2) is 0 Å². The van der Waals surface area contributed by atoms with Crippen molar-refractivity contribution in [1.82, 2.24) is 0 Å². The van der Waals surface area contributed by atoms with Crippen LogP contribution in [0.15, 0.2) is 0 Å². The van der Waals surface area contributed by atoms with Crippen LogP contribution < -0.4 is 18.9 Å². The topological polar surface area (TPSA) is 18.5 Å². The quantitative estimate of drug-likeness (QED) is 0.363. The second kappa shape index (κ2) is 14.6. The number of hydrogen-bond donors (Lipinski definition) is 0. The van der Waals surface area contributed by atoms with Gasteiger partial charge >= 0.3 is 34.7 Å². The van der Waals surface area contributed by atoms with Gasteiger partial charge in [-0.15, -0.1) is 0 Å². The third-order valence-corrected chi connectivity index (χ3v) is 2.11.